The minimum Gasteiger partial charge on any atom is -0.384 e. The molecular formula is C16H23N3OS. The first-order chi connectivity index (χ1) is 10.2. The highest BCUT2D eigenvalue weighted by Gasteiger charge is 2.29. The highest BCUT2D eigenvalue weighted by Crippen LogP contribution is 2.30. The molecule has 1 atom stereocenters. The summed E-state index contributed by atoms with van der Waals surface area (Å²) in [7, 11) is 1.79. The van der Waals surface area contributed by atoms with Gasteiger partial charge in [-0.1, -0.05) is 0 Å². The molecule has 1 aliphatic rings. The maximum absolute atomic E-state index is 5.44. The molecule has 5 heteroatoms. The van der Waals surface area contributed by atoms with Crippen LogP contribution >= 0.6 is 11.3 Å². The molecule has 0 fully saturated rings. The van der Waals surface area contributed by atoms with Crippen molar-refractivity contribution in [3.8, 4) is 0 Å². The van der Waals surface area contributed by atoms with Gasteiger partial charge in [0.25, 0.3) is 0 Å². The number of aromatic nitrogens is 2. The maximum atomic E-state index is 5.44. The minimum atomic E-state index is 0.419. The van der Waals surface area contributed by atoms with E-state index in [0.717, 1.165) is 32.8 Å². The molecule has 0 unspecified atom stereocenters. The van der Waals surface area contributed by atoms with E-state index < -0.39 is 0 Å². The van der Waals surface area contributed by atoms with Crippen LogP contribution in [0, 0.1) is 6.92 Å². The molecule has 0 radical (unpaired) electrons. The number of hydrogen-bond acceptors (Lipinski definition) is 4. The lowest BCUT2D eigenvalue weighted by atomic mass is 9.97. The average molecular weight is 305 g/mol. The van der Waals surface area contributed by atoms with Gasteiger partial charge in [-0.05, 0) is 26.0 Å². The van der Waals surface area contributed by atoms with E-state index >= 15 is 0 Å². The number of nitrogens with zero attached hydrogens (tertiary/aromatic N) is 3. The summed E-state index contributed by atoms with van der Waals surface area (Å²) in [5.41, 5.74) is 2.73. The zero-order chi connectivity index (χ0) is 14.8. The van der Waals surface area contributed by atoms with E-state index in [1.165, 1.54) is 21.0 Å². The third-order valence-electron chi connectivity index (χ3n) is 4.06. The predicted molar refractivity (Wildman–Crippen MR) is 85.7 cm³/mol. The third kappa shape index (κ3) is 3.05. The summed E-state index contributed by atoms with van der Waals surface area (Å²) >= 11 is 1.89. The average Bonchev–Trinajstić information content (AvgIpc) is 3.05. The van der Waals surface area contributed by atoms with Crippen molar-refractivity contribution in [3.05, 3.63) is 39.3 Å². The molecule has 4 nitrogen and oxygen atoms in total. The molecule has 3 rings (SSSR count). The molecule has 0 aliphatic carbocycles. The van der Waals surface area contributed by atoms with Gasteiger partial charge in [0, 0.05) is 60.2 Å². The lowest BCUT2D eigenvalue weighted by Crippen LogP contribution is -2.35. The van der Waals surface area contributed by atoms with E-state index in [1.54, 1.807) is 7.11 Å². The first-order valence-corrected chi connectivity index (χ1v) is 8.34. The molecule has 0 spiro atoms. The molecule has 2 aromatic rings. The highest BCUT2D eigenvalue weighted by atomic mass is 32.1. The Morgan fingerprint density at radius 2 is 2.29 bits per heavy atom. The monoisotopic (exact) mass is 305 g/mol. The van der Waals surface area contributed by atoms with E-state index in [9.17, 15) is 0 Å². The normalized spacial score (nSPS) is 18.9. The quantitative estimate of drug-likeness (QED) is 0.850. The van der Waals surface area contributed by atoms with Crippen molar-refractivity contribution in [3.63, 3.8) is 0 Å². The Morgan fingerprint density at radius 3 is 2.95 bits per heavy atom. The second-order valence-electron chi connectivity index (χ2n) is 5.71. The van der Waals surface area contributed by atoms with Crippen LogP contribution in [0.2, 0.25) is 0 Å². The van der Waals surface area contributed by atoms with Gasteiger partial charge in [-0.2, -0.15) is 5.10 Å². The Balaban J connectivity index is 1.80. The molecule has 114 valence electrons. The van der Waals surface area contributed by atoms with Gasteiger partial charge in [0.1, 0.15) is 0 Å². The van der Waals surface area contributed by atoms with Gasteiger partial charge in [0.15, 0.2) is 0 Å². The topological polar surface area (TPSA) is 30.3 Å². The lowest BCUT2D eigenvalue weighted by Gasteiger charge is -2.32. The summed E-state index contributed by atoms with van der Waals surface area (Å²) in [5.74, 6) is 0.419. The maximum Gasteiger partial charge on any atom is 0.0558 e. The molecule has 0 aromatic carbocycles. The van der Waals surface area contributed by atoms with Crippen molar-refractivity contribution in [2.24, 2.45) is 0 Å². The second kappa shape index (κ2) is 6.30. The fraction of sp³-hybridized carbons (Fsp3) is 0.562. The smallest absolute Gasteiger partial charge is 0.0558 e. The first kappa shape index (κ1) is 14.8. The number of aryl methyl sites for hydroxylation is 2. The molecule has 0 saturated heterocycles. The van der Waals surface area contributed by atoms with Crippen LogP contribution in [0.1, 0.15) is 33.9 Å². The Bertz CT molecular complexity index is 604. The molecule has 2 aromatic heterocycles. The molecule has 3 heterocycles. The van der Waals surface area contributed by atoms with Crippen LogP contribution in [0.25, 0.3) is 0 Å². The highest BCUT2D eigenvalue weighted by molar-refractivity contribution is 7.11. The van der Waals surface area contributed by atoms with Gasteiger partial charge < -0.3 is 4.74 Å². The van der Waals surface area contributed by atoms with Crippen molar-refractivity contribution in [1.82, 2.24) is 14.7 Å². The summed E-state index contributed by atoms with van der Waals surface area (Å²) in [6.07, 6.45) is 2.04. The molecular weight excluding hydrogens is 282 g/mol. The fourth-order valence-corrected chi connectivity index (χ4v) is 4.16. The Labute approximate surface area is 130 Å². The number of thiophene rings is 1. The summed E-state index contributed by atoms with van der Waals surface area (Å²) in [6.45, 7) is 9.07. The number of methoxy groups -OCH3 is 1. The number of fused-ring (bicyclic) bond motifs is 1. The van der Waals surface area contributed by atoms with Crippen LogP contribution in [-0.4, -0.2) is 34.9 Å². The Morgan fingerprint density at radius 1 is 1.43 bits per heavy atom. The summed E-state index contributed by atoms with van der Waals surface area (Å²) in [6, 6.07) is 4.45. The summed E-state index contributed by atoms with van der Waals surface area (Å²) < 4.78 is 7.58. The van der Waals surface area contributed by atoms with Crippen LogP contribution in [0.15, 0.2) is 18.3 Å². The number of hydrogen-bond donors (Lipinski definition) is 0. The van der Waals surface area contributed by atoms with Gasteiger partial charge in [0.2, 0.25) is 0 Å². The van der Waals surface area contributed by atoms with Gasteiger partial charge in [-0.15, -0.1) is 11.3 Å². The molecule has 0 saturated carbocycles. The fourth-order valence-electron chi connectivity index (χ4n) is 3.23. The summed E-state index contributed by atoms with van der Waals surface area (Å²) in [4.78, 5) is 5.34. The molecule has 0 amide bonds. The molecule has 1 aliphatic heterocycles. The zero-order valence-electron chi connectivity index (χ0n) is 13.0. The van der Waals surface area contributed by atoms with E-state index in [1.807, 2.05) is 17.5 Å². The van der Waals surface area contributed by atoms with Crippen LogP contribution in [0.3, 0.4) is 0 Å². The van der Waals surface area contributed by atoms with Crippen molar-refractivity contribution in [2.45, 2.75) is 39.4 Å². The van der Waals surface area contributed by atoms with Crippen molar-refractivity contribution in [1.29, 1.82) is 0 Å². The van der Waals surface area contributed by atoms with Gasteiger partial charge in [0.05, 0.1) is 12.8 Å². The lowest BCUT2D eigenvalue weighted by molar-refractivity contribution is 0.132. The Kier molecular flexibility index (Phi) is 4.42. The predicted octanol–water partition coefficient (Wildman–Crippen LogP) is 3.02. The van der Waals surface area contributed by atoms with Gasteiger partial charge in [-0.25, -0.2) is 0 Å². The largest absolute Gasteiger partial charge is 0.384 e. The van der Waals surface area contributed by atoms with Gasteiger partial charge >= 0.3 is 0 Å². The second-order valence-corrected chi connectivity index (χ2v) is 7.08. The van der Waals surface area contributed by atoms with E-state index in [-0.39, 0.29) is 0 Å². The van der Waals surface area contributed by atoms with E-state index in [2.05, 4.69) is 40.7 Å². The SMILES string of the molecule is CCn1ncc2c1[C@H](COC)CN(Cc1ccc(C)s1)C2. The van der Waals surface area contributed by atoms with Crippen LogP contribution in [0.5, 0.6) is 0 Å². The van der Waals surface area contributed by atoms with Crippen LogP contribution < -0.4 is 0 Å². The van der Waals surface area contributed by atoms with Crippen molar-refractivity contribution in [2.75, 3.05) is 20.3 Å². The van der Waals surface area contributed by atoms with Crippen LogP contribution in [-0.2, 0) is 24.4 Å². The van der Waals surface area contributed by atoms with E-state index in [0.29, 0.717) is 5.92 Å². The number of rotatable bonds is 5. The van der Waals surface area contributed by atoms with Crippen molar-refractivity contribution < 1.29 is 4.74 Å². The minimum absolute atomic E-state index is 0.419. The molecule has 0 bridgehead atoms. The van der Waals surface area contributed by atoms with Gasteiger partial charge in [-0.3, -0.25) is 9.58 Å². The molecule has 0 N–H and O–H groups in total. The third-order valence-corrected chi connectivity index (χ3v) is 5.05. The summed E-state index contributed by atoms with van der Waals surface area (Å²) in [5, 5.41) is 4.53. The number of ether oxygens (including phenoxy) is 1. The zero-order valence-corrected chi connectivity index (χ0v) is 13.8. The Hall–Kier alpha value is -1.17. The first-order valence-electron chi connectivity index (χ1n) is 7.52. The van der Waals surface area contributed by atoms with Crippen LogP contribution in [0.4, 0.5) is 0 Å². The van der Waals surface area contributed by atoms with E-state index in [4.69, 9.17) is 4.74 Å². The molecule has 21 heavy (non-hydrogen) atoms. The standard InChI is InChI=1S/C16H23N3OS/c1-4-19-16-13(7-17-19)8-18(9-14(16)11-20-3)10-15-6-5-12(2)21-15/h5-7,14H,4,8-11H2,1-3H3/t14-/m0/s1. The van der Waals surface area contributed by atoms with Crippen molar-refractivity contribution >= 4 is 11.3 Å².